The van der Waals surface area contributed by atoms with Gasteiger partial charge in [-0.15, -0.1) is 0 Å². The molecular formula is C58H36. The molecule has 0 N–H and O–H groups in total. The molecule has 0 bridgehead atoms. The molecule has 0 atom stereocenters. The van der Waals surface area contributed by atoms with Crippen molar-refractivity contribution >= 4 is 43.1 Å². The van der Waals surface area contributed by atoms with Gasteiger partial charge in [-0.1, -0.05) is 212 Å². The van der Waals surface area contributed by atoms with Crippen molar-refractivity contribution in [3.8, 4) is 77.9 Å². The largest absolute Gasteiger partial charge is 0.0622 e. The highest BCUT2D eigenvalue weighted by atomic mass is 14.3. The minimum Gasteiger partial charge on any atom is -0.0622 e. The maximum absolute atomic E-state index is 2.50. The first-order chi connectivity index (χ1) is 28.8. The minimum absolute atomic E-state index is 1.22. The maximum atomic E-state index is 2.50. The van der Waals surface area contributed by atoms with Gasteiger partial charge in [0.25, 0.3) is 0 Å². The molecule has 0 saturated heterocycles. The Hall–Kier alpha value is -7.54. The van der Waals surface area contributed by atoms with Gasteiger partial charge >= 0.3 is 0 Å². The fourth-order valence-electron chi connectivity index (χ4n) is 9.96. The van der Waals surface area contributed by atoms with Gasteiger partial charge in [0.05, 0.1) is 0 Å². The van der Waals surface area contributed by atoms with Crippen molar-refractivity contribution in [2.45, 2.75) is 0 Å². The summed E-state index contributed by atoms with van der Waals surface area (Å²) >= 11 is 0. The summed E-state index contributed by atoms with van der Waals surface area (Å²) in [5.74, 6) is 0. The van der Waals surface area contributed by atoms with Crippen LogP contribution in [-0.2, 0) is 0 Å². The third kappa shape index (κ3) is 4.89. The predicted molar refractivity (Wildman–Crippen MR) is 248 cm³/mol. The van der Waals surface area contributed by atoms with Gasteiger partial charge in [0.1, 0.15) is 0 Å². The quantitative estimate of drug-likeness (QED) is 0.155. The van der Waals surface area contributed by atoms with Crippen LogP contribution >= 0.6 is 0 Å². The Morgan fingerprint density at radius 1 is 0.190 bits per heavy atom. The van der Waals surface area contributed by atoms with Crippen LogP contribution in [0.2, 0.25) is 0 Å². The molecule has 0 unspecified atom stereocenters. The zero-order valence-corrected chi connectivity index (χ0v) is 31.8. The predicted octanol–water partition coefficient (Wildman–Crippen LogP) is 16.3. The van der Waals surface area contributed by atoms with Crippen molar-refractivity contribution < 1.29 is 0 Å². The van der Waals surface area contributed by atoms with Crippen LogP contribution in [0.4, 0.5) is 0 Å². The van der Waals surface area contributed by atoms with Gasteiger partial charge in [-0.25, -0.2) is 0 Å². The van der Waals surface area contributed by atoms with E-state index >= 15 is 0 Å². The van der Waals surface area contributed by atoms with E-state index in [9.17, 15) is 0 Å². The van der Waals surface area contributed by atoms with Gasteiger partial charge < -0.3 is 0 Å². The molecule has 0 nitrogen and oxygen atoms in total. The van der Waals surface area contributed by atoms with Crippen LogP contribution in [0.15, 0.2) is 218 Å². The Kier molecular flexibility index (Phi) is 7.33. The Morgan fingerprint density at radius 3 is 1.07 bits per heavy atom. The van der Waals surface area contributed by atoms with E-state index in [0.717, 1.165) is 0 Å². The van der Waals surface area contributed by atoms with Gasteiger partial charge in [0.2, 0.25) is 0 Å². The molecule has 58 heavy (non-hydrogen) atoms. The topological polar surface area (TPSA) is 0 Å². The summed E-state index contributed by atoms with van der Waals surface area (Å²) in [6, 6.07) is 80.7. The van der Waals surface area contributed by atoms with E-state index in [1.54, 1.807) is 0 Å². The second-order valence-corrected chi connectivity index (χ2v) is 15.5. The first-order valence-corrected chi connectivity index (χ1v) is 20.2. The lowest BCUT2D eigenvalue weighted by molar-refractivity contribution is 1.61. The van der Waals surface area contributed by atoms with Gasteiger partial charge in [-0.3, -0.25) is 0 Å². The molecule has 268 valence electrons. The molecule has 0 saturated carbocycles. The third-order valence-electron chi connectivity index (χ3n) is 12.4. The summed E-state index contributed by atoms with van der Waals surface area (Å²) in [4.78, 5) is 0. The molecular weight excluding hydrogens is 697 g/mol. The first-order valence-electron chi connectivity index (χ1n) is 20.2. The van der Waals surface area contributed by atoms with Crippen LogP contribution in [0.1, 0.15) is 0 Å². The van der Waals surface area contributed by atoms with Crippen molar-refractivity contribution in [2.24, 2.45) is 0 Å². The van der Waals surface area contributed by atoms with Crippen LogP contribution in [0.3, 0.4) is 0 Å². The average molecular weight is 733 g/mol. The SMILES string of the molecule is c1ccc(-c2ccc(-c3c4ccccc4c(-c4ccc5c(-c6ccccc6)c6c(c(-c7ccccc7)c5c4)-c4cccc5cccc-6c45)c4ccccc34)cc2)cc1. The minimum atomic E-state index is 1.22. The zero-order chi connectivity index (χ0) is 38.2. The number of rotatable bonds is 5. The molecule has 11 aromatic carbocycles. The number of hydrogen-bond donors (Lipinski definition) is 0. The molecule has 0 amide bonds. The molecule has 0 heteroatoms. The Balaban J connectivity index is 1.18. The average Bonchev–Trinajstić information content (AvgIpc) is 3.63. The highest BCUT2D eigenvalue weighted by molar-refractivity contribution is 6.28. The van der Waals surface area contributed by atoms with Crippen molar-refractivity contribution in [3.63, 3.8) is 0 Å². The third-order valence-corrected chi connectivity index (χ3v) is 12.4. The van der Waals surface area contributed by atoms with E-state index in [1.165, 1.54) is 121 Å². The lowest BCUT2D eigenvalue weighted by Crippen LogP contribution is -1.95. The molecule has 0 heterocycles. The van der Waals surface area contributed by atoms with Gasteiger partial charge in [-0.2, -0.15) is 0 Å². The highest BCUT2D eigenvalue weighted by Crippen LogP contribution is 2.58. The number of hydrogen-bond acceptors (Lipinski definition) is 0. The van der Waals surface area contributed by atoms with Crippen LogP contribution in [0.25, 0.3) is 121 Å². The van der Waals surface area contributed by atoms with Crippen molar-refractivity contribution in [3.05, 3.63) is 218 Å². The molecule has 0 aliphatic heterocycles. The molecule has 11 aromatic rings. The Labute approximate surface area is 337 Å². The second kappa shape index (κ2) is 13.0. The van der Waals surface area contributed by atoms with E-state index in [2.05, 4.69) is 218 Å². The molecule has 1 aliphatic rings. The summed E-state index contributed by atoms with van der Waals surface area (Å²) < 4.78 is 0. The van der Waals surface area contributed by atoms with Crippen LogP contribution in [-0.4, -0.2) is 0 Å². The number of fused-ring (bicyclic) bond motifs is 6. The Bertz CT molecular complexity index is 3330. The summed E-state index contributed by atoms with van der Waals surface area (Å²) in [5.41, 5.74) is 17.8. The zero-order valence-electron chi connectivity index (χ0n) is 31.8. The van der Waals surface area contributed by atoms with Crippen molar-refractivity contribution in [2.75, 3.05) is 0 Å². The first kappa shape index (κ1) is 32.7. The fraction of sp³-hybridized carbons (Fsp3) is 0. The Morgan fingerprint density at radius 2 is 0.552 bits per heavy atom. The summed E-state index contributed by atoms with van der Waals surface area (Å²) in [5, 5.41) is 10.2. The second-order valence-electron chi connectivity index (χ2n) is 15.5. The van der Waals surface area contributed by atoms with Crippen LogP contribution in [0.5, 0.6) is 0 Å². The smallest absolute Gasteiger partial charge is 0.000741 e. The molecule has 0 aromatic heterocycles. The standard InChI is InChI=1S/C58H36/c1-4-16-37(17-5-1)38-30-32-42(33-31-38)52-44-24-10-12-26-46(44)54(47-27-13-11-25-45(47)52)43-34-35-48-51(36-43)56(41-20-8-3-9-21-41)58-50-29-15-23-39-22-14-28-49(53(39)50)57(58)55(48)40-18-6-2-7-19-40/h1-36H. The summed E-state index contributed by atoms with van der Waals surface area (Å²) in [7, 11) is 0. The number of benzene rings is 11. The van der Waals surface area contributed by atoms with Crippen molar-refractivity contribution in [1.29, 1.82) is 0 Å². The van der Waals surface area contributed by atoms with E-state index in [1.807, 2.05) is 0 Å². The molecule has 0 spiro atoms. The fourth-order valence-corrected chi connectivity index (χ4v) is 9.96. The lowest BCUT2D eigenvalue weighted by Gasteiger charge is -2.22. The van der Waals surface area contributed by atoms with Crippen LogP contribution < -0.4 is 0 Å². The van der Waals surface area contributed by atoms with Gasteiger partial charge in [0.15, 0.2) is 0 Å². The maximum Gasteiger partial charge on any atom is -0.000741 e. The summed E-state index contributed by atoms with van der Waals surface area (Å²) in [6.07, 6.45) is 0. The molecule has 0 radical (unpaired) electrons. The van der Waals surface area contributed by atoms with E-state index in [4.69, 9.17) is 0 Å². The highest BCUT2D eigenvalue weighted by Gasteiger charge is 2.31. The lowest BCUT2D eigenvalue weighted by atomic mass is 9.80. The molecule has 1 aliphatic carbocycles. The van der Waals surface area contributed by atoms with Crippen molar-refractivity contribution in [1.82, 2.24) is 0 Å². The van der Waals surface area contributed by atoms with Gasteiger partial charge in [0, 0.05) is 0 Å². The summed E-state index contributed by atoms with van der Waals surface area (Å²) in [6.45, 7) is 0. The monoisotopic (exact) mass is 732 g/mol. The van der Waals surface area contributed by atoms with E-state index < -0.39 is 0 Å². The van der Waals surface area contributed by atoms with Crippen LogP contribution in [0, 0.1) is 0 Å². The van der Waals surface area contributed by atoms with Gasteiger partial charge in [-0.05, 0) is 127 Å². The normalized spacial score (nSPS) is 11.8. The molecule has 12 rings (SSSR count). The van der Waals surface area contributed by atoms with E-state index in [-0.39, 0.29) is 0 Å². The molecule has 0 fully saturated rings. The van der Waals surface area contributed by atoms with E-state index in [0.29, 0.717) is 0 Å².